The number of hydrogen-bond acceptors (Lipinski definition) is 2. The maximum atomic E-state index is 12.8. The molecule has 0 spiro atoms. The van der Waals surface area contributed by atoms with E-state index in [2.05, 4.69) is 5.32 Å². The van der Waals surface area contributed by atoms with Crippen molar-refractivity contribution >= 4 is 23.2 Å². The van der Waals surface area contributed by atoms with Crippen LogP contribution >= 0.6 is 11.6 Å². The SMILES string of the molecule is CC(C)Oc1ccccc1NC(=O)C1(c2cccc(Cl)c2)CC1. The lowest BCUT2D eigenvalue weighted by Crippen LogP contribution is -2.28. The molecule has 0 unspecified atom stereocenters. The highest BCUT2D eigenvalue weighted by Crippen LogP contribution is 2.49. The van der Waals surface area contributed by atoms with E-state index in [1.165, 1.54) is 0 Å². The summed E-state index contributed by atoms with van der Waals surface area (Å²) in [5.41, 5.74) is 1.22. The molecular formula is C19H20ClNO2. The fourth-order valence-corrected chi connectivity index (χ4v) is 2.92. The lowest BCUT2D eigenvalue weighted by Gasteiger charge is -2.19. The second kappa shape index (κ2) is 6.25. The molecule has 1 fully saturated rings. The molecule has 0 radical (unpaired) electrons. The molecule has 3 nitrogen and oxygen atoms in total. The Balaban J connectivity index is 1.83. The van der Waals surface area contributed by atoms with Crippen LogP contribution in [0.1, 0.15) is 32.3 Å². The van der Waals surface area contributed by atoms with Crippen molar-refractivity contribution in [1.29, 1.82) is 0 Å². The zero-order chi connectivity index (χ0) is 16.4. The van der Waals surface area contributed by atoms with Crippen molar-refractivity contribution < 1.29 is 9.53 Å². The van der Waals surface area contributed by atoms with E-state index in [9.17, 15) is 4.79 Å². The van der Waals surface area contributed by atoms with E-state index in [4.69, 9.17) is 16.3 Å². The standard InChI is InChI=1S/C19H20ClNO2/c1-13(2)23-17-9-4-3-8-16(17)21-18(22)19(10-11-19)14-6-5-7-15(20)12-14/h3-9,12-13H,10-11H2,1-2H3,(H,21,22). The number of nitrogens with one attached hydrogen (secondary N) is 1. The van der Waals surface area contributed by atoms with Crippen LogP contribution in [0.3, 0.4) is 0 Å². The van der Waals surface area contributed by atoms with Gasteiger partial charge in [-0.15, -0.1) is 0 Å². The first-order valence-electron chi connectivity index (χ1n) is 7.84. The molecule has 120 valence electrons. The van der Waals surface area contributed by atoms with Gasteiger partial charge in [-0.2, -0.15) is 0 Å². The molecule has 0 heterocycles. The zero-order valence-electron chi connectivity index (χ0n) is 13.3. The molecule has 0 aliphatic heterocycles. The molecule has 2 aromatic rings. The van der Waals surface area contributed by atoms with Crippen LogP contribution in [-0.4, -0.2) is 12.0 Å². The Hall–Kier alpha value is -2.00. The Morgan fingerprint density at radius 1 is 1.17 bits per heavy atom. The zero-order valence-corrected chi connectivity index (χ0v) is 14.1. The first kappa shape index (κ1) is 15.9. The number of para-hydroxylation sites is 2. The fraction of sp³-hybridized carbons (Fsp3) is 0.316. The van der Waals surface area contributed by atoms with Gasteiger partial charge in [-0.3, -0.25) is 4.79 Å². The van der Waals surface area contributed by atoms with E-state index in [0.29, 0.717) is 16.5 Å². The van der Waals surface area contributed by atoms with E-state index in [1.54, 1.807) is 0 Å². The second-order valence-corrected chi connectivity index (χ2v) is 6.65. The van der Waals surface area contributed by atoms with Crippen molar-refractivity contribution in [1.82, 2.24) is 0 Å². The monoisotopic (exact) mass is 329 g/mol. The van der Waals surface area contributed by atoms with Crippen LogP contribution in [0, 0.1) is 0 Å². The van der Waals surface area contributed by atoms with Crippen molar-refractivity contribution in [3.8, 4) is 5.75 Å². The minimum Gasteiger partial charge on any atom is -0.489 e. The summed E-state index contributed by atoms with van der Waals surface area (Å²) in [7, 11) is 0. The smallest absolute Gasteiger partial charge is 0.235 e. The third-order valence-corrected chi connectivity index (χ3v) is 4.29. The average molecular weight is 330 g/mol. The summed E-state index contributed by atoms with van der Waals surface area (Å²) in [5, 5.41) is 3.69. The van der Waals surface area contributed by atoms with Gasteiger partial charge in [0, 0.05) is 5.02 Å². The van der Waals surface area contributed by atoms with Gasteiger partial charge < -0.3 is 10.1 Å². The lowest BCUT2D eigenvalue weighted by molar-refractivity contribution is -0.118. The van der Waals surface area contributed by atoms with Crippen LogP contribution in [0.5, 0.6) is 5.75 Å². The summed E-state index contributed by atoms with van der Waals surface area (Å²) in [6.45, 7) is 3.93. The van der Waals surface area contributed by atoms with Crippen LogP contribution in [0.15, 0.2) is 48.5 Å². The third kappa shape index (κ3) is 3.35. The molecule has 0 aromatic heterocycles. The summed E-state index contributed by atoms with van der Waals surface area (Å²) in [4.78, 5) is 12.8. The van der Waals surface area contributed by atoms with Crippen LogP contribution < -0.4 is 10.1 Å². The molecule has 1 aliphatic carbocycles. The number of carbonyl (C=O) groups is 1. The first-order valence-corrected chi connectivity index (χ1v) is 8.22. The fourth-order valence-electron chi connectivity index (χ4n) is 2.73. The Kier molecular flexibility index (Phi) is 4.31. The van der Waals surface area contributed by atoms with Crippen molar-refractivity contribution in [2.24, 2.45) is 0 Å². The highest BCUT2D eigenvalue weighted by molar-refractivity contribution is 6.30. The average Bonchev–Trinajstić information content (AvgIpc) is 3.30. The first-order chi connectivity index (χ1) is 11.0. The summed E-state index contributed by atoms with van der Waals surface area (Å²) in [6, 6.07) is 15.1. The number of hydrogen-bond donors (Lipinski definition) is 1. The molecule has 4 heteroatoms. The van der Waals surface area contributed by atoms with Gasteiger partial charge in [0.2, 0.25) is 5.91 Å². The van der Waals surface area contributed by atoms with E-state index < -0.39 is 5.41 Å². The normalized spacial score (nSPS) is 15.3. The van der Waals surface area contributed by atoms with Crippen LogP contribution in [0.25, 0.3) is 0 Å². The number of rotatable bonds is 5. The number of anilines is 1. The summed E-state index contributed by atoms with van der Waals surface area (Å²) in [6.07, 6.45) is 1.73. The molecule has 2 aromatic carbocycles. The molecule has 1 amide bonds. The van der Waals surface area contributed by atoms with E-state index in [1.807, 2.05) is 62.4 Å². The minimum atomic E-state index is -0.462. The van der Waals surface area contributed by atoms with Crippen LogP contribution in [0.2, 0.25) is 5.02 Å². The summed E-state index contributed by atoms with van der Waals surface area (Å²) >= 11 is 6.07. The molecule has 3 rings (SSSR count). The third-order valence-electron chi connectivity index (χ3n) is 4.06. The molecule has 0 bridgehead atoms. The highest BCUT2D eigenvalue weighted by Gasteiger charge is 2.51. The lowest BCUT2D eigenvalue weighted by atomic mass is 9.95. The Morgan fingerprint density at radius 3 is 2.57 bits per heavy atom. The molecule has 1 aliphatic rings. The van der Waals surface area contributed by atoms with Gasteiger partial charge in [0.15, 0.2) is 0 Å². The molecule has 23 heavy (non-hydrogen) atoms. The number of benzene rings is 2. The maximum absolute atomic E-state index is 12.8. The van der Waals surface area contributed by atoms with E-state index >= 15 is 0 Å². The van der Waals surface area contributed by atoms with Crippen LogP contribution in [-0.2, 0) is 10.2 Å². The molecule has 0 saturated heterocycles. The Labute approximate surface area is 141 Å². The largest absolute Gasteiger partial charge is 0.489 e. The maximum Gasteiger partial charge on any atom is 0.235 e. The number of amides is 1. The highest BCUT2D eigenvalue weighted by atomic mass is 35.5. The van der Waals surface area contributed by atoms with Gasteiger partial charge in [-0.05, 0) is 56.5 Å². The van der Waals surface area contributed by atoms with Gasteiger partial charge in [0.1, 0.15) is 5.75 Å². The molecule has 1 saturated carbocycles. The van der Waals surface area contributed by atoms with Gasteiger partial charge in [0.05, 0.1) is 17.2 Å². The second-order valence-electron chi connectivity index (χ2n) is 6.21. The summed E-state index contributed by atoms with van der Waals surface area (Å²) < 4.78 is 5.77. The molecule has 1 N–H and O–H groups in total. The number of ether oxygens (including phenoxy) is 1. The minimum absolute atomic E-state index is 0.000396. The predicted molar refractivity (Wildman–Crippen MR) is 93.2 cm³/mol. The summed E-state index contributed by atoms with van der Waals surface area (Å²) in [5.74, 6) is 0.692. The number of carbonyl (C=O) groups excluding carboxylic acids is 1. The van der Waals surface area contributed by atoms with E-state index in [-0.39, 0.29) is 12.0 Å². The Bertz CT molecular complexity index is 723. The van der Waals surface area contributed by atoms with Crippen molar-refractivity contribution in [2.45, 2.75) is 38.2 Å². The van der Waals surface area contributed by atoms with Crippen molar-refractivity contribution in [3.63, 3.8) is 0 Å². The van der Waals surface area contributed by atoms with Gasteiger partial charge in [0.25, 0.3) is 0 Å². The quantitative estimate of drug-likeness (QED) is 0.855. The van der Waals surface area contributed by atoms with Crippen molar-refractivity contribution in [2.75, 3.05) is 5.32 Å². The molecular weight excluding hydrogens is 310 g/mol. The van der Waals surface area contributed by atoms with Gasteiger partial charge in [-0.25, -0.2) is 0 Å². The van der Waals surface area contributed by atoms with Crippen molar-refractivity contribution in [3.05, 3.63) is 59.1 Å². The van der Waals surface area contributed by atoms with E-state index in [0.717, 1.165) is 18.4 Å². The Morgan fingerprint density at radius 2 is 1.91 bits per heavy atom. The topological polar surface area (TPSA) is 38.3 Å². The van der Waals surface area contributed by atoms with Crippen LogP contribution in [0.4, 0.5) is 5.69 Å². The molecule has 0 atom stereocenters. The number of halogens is 1. The van der Waals surface area contributed by atoms with Gasteiger partial charge >= 0.3 is 0 Å². The predicted octanol–water partition coefficient (Wildman–Crippen LogP) is 4.80. The van der Waals surface area contributed by atoms with Gasteiger partial charge in [-0.1, -0.05) is 35.9 Å².